The average Bonchev–Trinajstić information content (AvgIpc) is 2.50. The summed E-state index contributed by atoms with van der Waals surface area (Å²) in [4.78, 5) is 12.2. The number of nitrogens with one attached hydrogen (secondary N) is 1. The molecule has 0 saturated carbocycles. The molecule has 0 aromatic heterocycles. The first-order valence-corrected chi connectivity index (χ1v) is 8.21. The molecular weight excluding hydrogens is 385 g/mol. The van der Waals surface area contributed by atoms with Crippen LogP contribution in [0.25, 0.3) is 0 Å². The molecule has 0 saturated heterocycles. The Kier molecular flexibility index (Phi) is 6.02. The normalized spacial score (nSPS) is 13.3. The number of halogens is 3. The van der Waals surface area contributed by atoms with Crippen LogP contribution in [0.2, 0.25) is 5.02 Å². The third-order valence-electron chi connectivity index (χ3n) is 3.30. The van der Waals surface area contributed by atoms with Crippen LogP contribution in [-0.2, 0) is 4.79 Å². The third kappa shape index (κ3) is 4.94. The average molecular weight is 401 g/mol. The fourth-order valence-electron chi connectivity index (χ4n) is 1.98. The predicted molar refractivity (Wildman–Crippen MR) is 92.2 cm³/mol. The van der Waals surface area contributed by atoms with E-state index in [1.807, 2.05) is 6.92 Å². The smallest absolute Gasteiger partial charge is 0.261 e. The van der Waals surface area contributed by atoms with Crippen LogP contribution < -0.4 is 10.1 Å². The van der Waals surface area contributed by atoms with Crippen molar-refractivity contribution < 1.29 is 13.9 Å². The Bertz CT molecular complexity index is 693. The van der Waals surface area contributed by atoms with E-state index in [1.165, 1.54) is 12.1 Å². The molecule has 2 aromatic carbocycles. The quantitative estimate of drug-likeness (QED) is 0.776. The maximum Gasteiger partial charge on any atom is 0.261 e. The maximum absolute atomic E-state index is 12.9. The summed E-state index contributed by atoms with van der Waals surface area (Å²) in [5.74, 6) is -0.151. The van der Waals surface area contributed by atoms with Crippen molar-refractivity contribution in [1.82, 2.24) is 5.32 Å². The van der Waals surface area contributed by atoms with Gasteiger partial charge in [-0.3, -0.25) is 4.79 Å². The van der Waals surface area contributed by atoms with Crippen LogP contribution in [0, 0.1) is 5.82 Å². The molecule has 2 rings (SSSR count). The van der Waals surface area contributed by atoms with E-state index >= 15 is 0 Å². The minimum absolute atomic E-state index is 0.255. The lowest BCUT2D eigenvalue weighted by Crippen LogP contribution is -2.37. The molecule has 0 unspecified atom stereocenters. The van der Waals surface area contributed by atoms with Gasteiger partial charge in [-0.15, -0.1) is 0 Å². The molecule has 2 aromatic rings. The number of rotatable bonds is 5. The molecule has 0 spiro atoms. The Balaban J connectivity index is 1.98. The zero-order chi connectivity index (χ0) is 17.0. The molecule has 3 nitrogen and oxygen atoms in total. The second kappa shape index (κ2) is 7.79. The van der Waals surface area contributed by atoms with Crippen molar-refractivity contribution in [2.24, 2.45) is 0 Å². The highest BCUT2D eigenvalue weighted by Crippen LogP contribution is 2.28. The van der Waals surface area contributed by atoms with Crippen molar-refractivity contribution in [2.75, 3.05) is 0 Å². The zero-order valence-corrected chi connectivity index (χ0v) is 15.0. The monoisotopic (exact) mass is 399 g/mol. The molecule has 23 heavy (non-hydrogen) atoms. The first-order valence-electron chi connectivity index (χ1n) is 7.04. The van der Waals surface area contributed by atoms with Gasteiger partial charge in [-0.2, -0.15) is 0 Å². The fraction of sp³-hybridized carbons (Fsp3) is 0.235. The second-order valence-corrected chi connectivity index (χ2v) is 6.44. The maximum atomic E-state index is 12.9. The number of hydrogen-bond acceptors (Lipinski definition) is 2. The lowest BCUT2D eigenvalue weighted by molar-refractivity contribution is -0.127. The summed E-state index contributed by atoms with van der Waals surface area (Å²) in [6.45, 7) is 3.47. The first-order chi connectivity index (χ1) is 10.9. The van der Waals surface area contributed by atoms with Gasteiger partial charge >= 0.3 is 0 Å². The molecule has 1 N–H and O–H groups in total. The summed E-state index contributed by atoms with van der Waals surface area (Å²) in [6, 6.07) is 10.9. The molecule has 0 radical (unpaired) electrons. The molecule has 6 heteroatoms. The summed E-state index contributed by atoms with van der Waals surface area (Å²) in [6.07, 6.45) is -0.712. The largest absolute Gasteiger partial charge is 0.479 e. The number of benzene rings is 2. The summed E-state index contributed by atoms with van der Waals surface area (Å²) < 4.78 is 19.3. The van der Waals surface area contributed by atoms with Crippen LogP contribution in [0.5, 0.6) is 5.75 Å². The number of carbonyl (C=O) groups excluding carboxylic acids is 1. The molecule has 1 amide bonds. The Morgan fingerprint density at radius 3 is 2.48 bits per heavy atom. The number of amides is 1. The van der Waals surface area contributed by atoms with Gasteiger partial charge in [0.1, 0.15) is 11.6 Å². The van der Waals surface area contributed by atoms with Gasteiger partial charge in [0, 0.05) is 4.47 Å². The van der Waals surface area contributed by atoms with Crippen LogP contribution in [0.4, 0.5) is 4.39 Å². The summed E-state index contributed by atoms with van der Waals surface area (Å²) in [5.41, 5.74) is 0.814. The van der Waals surface area contributed by atoms with Crippen LogP contribution in [0.1, 0.15) is 25.5 Å². The minimum atomic E-state index is -0.712. The molecule has 2 atom stereocenters. The molecular formula is C17H16BrClFNO2. The van der Waals surface area contributed by atoms with E-state index in [0.29, 0.717) is 10.8 Å². The van der Waals surface area contributed by atoms with Crippen molar-refractivity contribution in [3.8, 4) is 5.75 Å². The van der Waals surface area contributed by atoms with E-state index in [-0.39, 0.29) is 17.8 Å². The van der Waals surface area contributed by atoms with Gasteiger partial charge in [-0.1, -0.05) is 39.7 Å². The van der Waals surface area contributed by atoms with Gasteiger partial charge in [0.25, 0.3) is 5.91 Å². The zero-order valence-electron chi connectivity index (χ0n) is 12.6. The van der Waals surface area contributed by atoms with E-state index < -0.39 is 6.10 Å². The molecule has 0 aliphatic heterocycles. The molecule has 0 aliphatic rings. The van der Waals surface area contributed by atoms with Crippen molar-refractivity contribution in [1.29, 1.82) is 0 Å². The summed E-state index contributed by atoms with van der Waals surface area (Å²) in [5, 5.41) is 3.25. The highest BCUT2D eigenvalue weighted by atomic mass is 79.9. The van der Waals surface area contributed by atoms with Crippen molar-refractivity contribution >= 4 is 33.4 Å². The highest BCUT2D eigenvalue weighted by Gasteiger charge is 2.18. The van der Waals surface area contributed by atoms with Crippen molar-refractivity contribution in [3.05, 3.63) is 63.3 Å². The lowest BCUT2D eigenvalue weighted by atomic mass is 10.1. The summed E-state index contributed by atoms with van der Waals surface area (Å²) >= 11 is 9.38. The van der Waals surface area contributed by atoms with Gasteiger partial charge < -0.3 is 10.1 Å². The third-order valence-corrected chi connectivity index (χ3v) is 4.08. The van der Waals surface area contributed by atoms with Crippen molar-refractivity contribution in [3.63, 3.8) is 0 Å². The van der Waals surface area contributed by atoms with Gasteiger partial charge in [0.15, 0.2) is 6.10 Å². The van der Waals surface area contributed by atoms with E-state index in [2.05, 4.69) is 21.2 Å². The Morgan fingerprint density at radius 1 is 1.22 bits per heavy atom. The minimum Gasteiger partial charge on any atom is -0.479 e. The highest BCUT2D eigenvalue weighted by molar-refractivity contribution is 9.10. The number of ether oxygens (including phenoxy) is 1. The van der Waals surface area contributed by atoms with Crippen LogP contribution in [0.15, 0.2) is 46.9 Å². The Labute approximate surface area is 147 Å². The number of hydrogen-bond donors (Lipinski definition) is 1. The fourth-order valence-corrected chi connectivity index (χ4v) is 2.70. The van der Waals surface area contributed by atoms with Gasteiger partial charge in [-0.25, -0.2) is 4.39 Å². The van der Waals surface area contributed by atoms with Gasteiger partial charge in [0.2, 0.25) is 0 Å². The van der Waals surface area contributed by atoms with E-state index in [9.17, 15) is 9.18 Å². The van der Waals surface area contributed by atoms with Crippen LogP contribution in [0.3, 0.4) is 0 Å². The molecule has 0 fully saturated rings. The van der Waals surface area contributed by atoms with Crippen LogP contribution >= 0.6 is 27.5 Å². The van der Waals surface area contributed by atoms with Gasteiger partial charge in [0.05, 0.1) is 11.1 Å². The number of carbonyl (C=O) groups is 1. The van der Waals surface area contributed by atoms with Crippen molar-refractivity contribution in [2.45, 2.75) is 26.0 Å². The molecule has 0 heterocycles. The Hall–Kier alpha value is -1.59. The molecule has 0 aliphatic carbocycles. The lowest BCUT2D eigenvalue weighted by Gasteiger charge is -2.19. The Morgan fingerprint density at radius 2 is 1.87 bits per heavy atom. The first kappa shape index (κ1) is 17.8. The molecule has 0 bridgehead atoms. The molecule has 122 valence electrons. The van der Waals surface area contributed by atoms with E-state index in [4.69, 9.17) is 16.3 Å². The standard InChI is InChI=1S/C17H16BrClFNO2/c1-10(12-3-6-14(20)7-4-12)21-17(22)11(2)23-16-8-5-13(18)9-15(16)19/h3-11H,1-2H3,(H,21,22)/t10-,11+/m0/s1. The topological polar surface area (TPSA) is 38.3 Å². The second-order valence-electron chi connectivity index (χ2n) is 5.12. The van der Waals surface area contributed by atoms with Gasteiger partial charge in [-0.05, 0) is 49.7 Å². The summed E-state index contributed by atoms with van der Waals surface area (Å²) in [7, 11) is 0. The van der Waals surface area contributed by atoms with E-state index in [0.717, 1.165) is 10.0 Å². The van der Waals surface area contributed by atoms with E-state index in [1.54, 1.807) is 37.3 Å². The predicted octanol–water partition coefficient (Wildman–Crippen LogP) is 4.89. The SMILES string of the molecule is C[C@H](NC(=O)[C@@H](C)Oc1ccc(Br)cc1Cl)c1ccc(F)cc1. The van der Waals surface area contributed by atoms with Crippen LogP contribution in [-0.4, -0.2) is 12.0 Å².